The van der Waals surface area contributed by atoms with Crippen LogP contribution >= 0.6 is 11.6 Å². The number of fused-ring (bicyclic) bond motifs is 2. The maximum atomic E-state index is 10.7. The number of alkyl halides is 1. The Hall–Kier alpha value is -1.92. The predicted octanol–water partition coefficient (Wildman–Crippen LogP) is 5.09. The molecule has 5 nitrogen and oxygen atoms in total. The van der Waals surface area contributed by atoms with Crippen LogP contribution in [0.5, 0.6) is 5.75 Å². The topological polar surface area (TPSA) is 57.1 Å². The van der Waals surface area contributed by atoms with Gasteiger partial charge in [0.1, 0.15) is 12.4 Å². The second-order valence-corrected chi connectivity index (χ2v) is 11.7. The quantitative estimate of drug-likeness (QED) is 0.503. The Kier molecular flexibility index (Phi) is 8.02. The zero-order valence-corrected chi connectivity index (χ0v) is 22.4. The Morgan fingerprint density at radius 3 is 3.00 bits per heavy atom. The Balaban J connectivity index is 1.25. The Morgan fingerprint density at radius 1 is 1.31 bits per heavy atom. The molecule has 194 valence electrons. The lowest BCUT2D eigenvalue weighted by molar-refractivity contribution is 0.0785. The van der Waals surface area contributed by atoms with Crippen molar-refractivity contribution < 1.29 is 9.84 Å². The standard InChI is InChI=1S/C30H40ClN3O2/c1-30(2,35)22-9-12-29-27(17-22)25(26-5-3-14-32-28(26)20-36-29)6-4-15-34-16-13-24(19-34)33-18-21-7-10-23(31)11-8-21/h6-10,12,17,23-24,26,33,35H,3-5,11,13-16,18-20H2,1-2H3/b25-6+/t23?,24-,26?/m1/s1. The summed E-state index contributed by atoms with van der Waals surface area (Å²) in [4.78, 5) is 7.42. The first kappa shape index (κ1) is 25.7. The van der Waals surface area contributed by atoms with Crippen molar-refractivity contribution in [3.8, 4) is 5.75 Å². The summed E-state index contributed by atoms with van der Waals surface area (Å²) in [5.41, 5.74) is 5.01. The van der Waals surface area contributed by atoms with Crippen molar-refractivity contribution in [3.63, 3.8) is 0 Å². The van der Waals surface area contributed by atoms with Crippen LogP contribution in [0.2, 0.25) is 0 Å². The Morgan fingerprint density at radius 2 is 2.19 bits per heavy atom. The fraction of sp³-hybridized carbons (Fsp3) is 0.567. The van der Waals surface area contributed by atoms with Gasteiger partial charge < -0.3 is 20.1 Å². The lowest BCUT2D eigenvalue weighted by Gasteiger charge is -2.25. The summed E-state index contributed by atoms with van der Waals surface area (Å²) in [7, 11) is 0. The van der Waals surface area contributed by atoms with Crippen LogP contribution in [0, 0.1) is 5.92 Å². The van der Waals surface area contributed by atoms with Gasteiger partial charge in [-0.25, -0.2) is 0 Å². The molecule has 0 saturated carbocycles. The third-order valence-corrected chi connectivity index (χ3v) is 8.24. The molecule has 0 amide bonds. The van der Waals surface area contributed by atoms with Gasteiger partial charge in [0.05, 0.1) is 16.7 Å². The fourth-order valence-corrected chi connectivity index (χ4v) is 5.93. The normalized spacial score (nSPS) is 27.7. The van der Waals surface area contributed by atoms with Crippen molar-refractivity contribution in [1.82, 2.24) is 10.2 Å². The molecular weight excluding hydrogens is 470 g/mol. The van der Waals surface area contributed by atoms with Gasteiger partial charge in [-0.15, -0.1) is 11.6 Å². The van der Waals surface area contributed by atoms with Crippen molar-refractivity contribution in [2.24, 2.45) is 10.9 Å². The van der Waals surface area contributed by atoms with Crippen LogP contribution in [0.25, 0.3) is 5.57 Å². The van der Waals surface area contributed by atoms with E-state index in [1.165, 1.54) is 23.3 Å². The molecule has 5 rings (SSSR count). The molecular formula is C30H40ClN3O2. The molecule has 4 aliphatic rings. The first-order chi connectivity index (χ1) is 17.4. The molecule has 1 aromatic rings. The molecule has 3 atom stereocenters. The number of hydrogen-bond donors (Lipinski definition) is 2. The summed E-state index contributed by atoms with van der Waals surface area (Å²) in [5.74, 6) is 1.22. The predicted molar refractivity (Wildman–Crippen MR) is 149 cm³/mol. The van der Waals surface area contributed by atoms with E-state index in [9.17, 15) is 5.11 Å². The van der Waals surface area contributed by atoms with Crippen LogP contribution in [-0.4, -0.2) is 66.5 Å². The number of aliphatic hydroxyl groups is 1. The molecule has 36 heavy (non-hydrogen) atoms. The number of halogens is 1. The number of rotatable bonds is 7. The molecule has 1 saturated heterocycles. The molecule has 0 aromatic heterocycles. The molecule has 3 heterocycles. The van der Waals surface area contributed by atoms with E-state index in [0.29, 0.717) is 18.6 Å². The average molecular weight is 510 g/mol. The summed E-state index contributed by atoms with van der Waals surface area (Å²) in [6, 6.07) is 6.68. The van der Waals surface area contributed by atoms with Crippen LogP contribution in [0.1, 0.15) is 57.1 Å². The van der Waals surface area contributed by atoms with Crippen molar-refractivity contribution in [2.75, 3.05) is 39.3 Å². The van der Waals surface area contributed by atoms with Crippen LogP contribution < -0.4 is 10.1 Å². The number of nitrogens with zero attached hydrogens (tertiary/aromatic N) is 2. The summed E-state index contributed by atoms with van der Waals surface area (Å²) >= 11 is 6.15. The number of benzene rings is 1. The molecule has 0 radical (unpaired) electrons. The van der Waals surface area contributed by atoms with E-state index in [2.05, 4.69) is 40.6 Å². The highest BCUT2D eigenvalue weighted by Crippen LogP contribution is 2.40. The summed E-state index contributed by atoms with van der Waals surface area (Å²) < 4.78 is 6.20. The Bertz CT molecular complexity index is 1070. The third-order valence-electron chi connectivity index (χ3n) is 7.92. The Labute approximate surface area is 221 Å². The zero-order valence-electron chi connectivity index (χ0n) is 21.7. The molecule has 0 spiro atoms. The minimum Gasteiger partial charge on any atom is -0.487 e. The number of likely N-dealkylation sites (tertiary alicyclic amines) is 1. The number of allylic oxidation sites excluding steroid dienone is 3. The lowest BCUT2D eigenvalue weighted by atomic mass is 9.82. The molecule has 2 N–H and O–H groups in total. The minimum atomic E-state index is -0.886. The van der Waals surface area contributed by atoms with Gasteiger partial charge in [0.2, 0.25) is 0 Å². The van der Waals surface area contributed by atoms with Crippen LogP contribution in [0.15, 0.2) is 53.1 Å². The largest absolute Gasteiger partial charge is 0.487 e. The van der Waals surface area contributed by atoms with Gasteiger partial charge >= 0.3 is 0 Å². The second-order valence-electron chi connectivity index (χ2n) is 11.1. The molecule has 2 unspecified atom stereocenters. The van der Waals surface area contributed by atoms with E-state index >= 15 is 0 Å². The number of nitrogens with one attached hydrogen (secondary N) is 1. The van der Waals surface area contributed by atoms with E-state index in [1.807, 2.05) is 26.0 Å². The number of ether oxygens (including phenoxy) is 1. The van der Waals surface area contributed by atoms with E-state index in [1.54, 1.807) is 0 Å². The van der Waals surface area contributed by atoms with Crippen molar-refractivity contribution in [2.45, 2.75) is 63.0 Å². The van der Waals surface area contributed by atoms with Gasteiger partial charge in [-0.1, -0.05) is 30.4 Å². The molecule has 1 aromatic carbocycles. The van der Waals surface area contributed by atoms with Crippen LogP contribution in [0.4, 0.5) is 0 Å². The maximum absolute atomic E-state index is 10.7. The highest BCUT2D eigenvalue weighted by molar-refractivity contribution is 6.22. The van der Waals surface area contributed by atoms with Crippen molar-refractivity contribution in [3.05, 3.63) is 59.2 Å². The van der Waals surface area contributed by atoms with E-state index < -0.39 is 5.60 Å². The summed E-state index contributed by atoms with van der Waals surface area (Å²) in [6.07, 6.45) is 14.3. The van der Waals surface area contributed by atoms with Crippen molar-refractivity contribution in [1.29, 1.82) is 0 Å². The first-order valence-electron chi connectivity index (χ1n) is 13.6. The van der Waals surface area contributed by atoms with Gasteiger partial charge in [0.15, 0.2) is 0 Å². The number of aliphatic imine (C=N–C) groups is 1. The van der Waals surface area contributed by atoms with Crippen LogP contribution in [-0.2, 0) is 5.60 Å². The molecule has 1 aliphatic carbocycles. The monoisotopic (exact) mass is 509 g/mol. The molecule has 6 heteroatoms. The highest BCUT2D eigenvalue weighted by Gasteiger charge is 2.31. The second kappa shape index (κ2) is 11.2. The van der Waals surface area contributed by atoms with Gasteiger partial charge in [-0.3, -0.25) is 4.99 Å². The van der Waals surface area contributed by atoms with E-state index in [0.717, 1.165) is 75.3 Å². The number of hydrogen-bond acceptors (Lipinski definition) is 5. The van der Waals surface area contributed by atoms with Gasteiger partial charge in [0.25, 0.3) is 0 Å². The third kappa shape index (κ3) is 6.13. The van der Waals surface area contributed by atoms with Crippen molar-refractivity contribution >= 4 is 22.9 Å². The fourth-order valence-electron chi connectivity index (χ4n) is 5.77. The summed E-state index contributed by atoms with van der Waals surface area (Å²) in [5, 5.41) is 14.5. The maximum Gasteiger partial charge on any atom is 0.127 e. The van der Waals surface area contributed by atoms with Gasteiger partial charge in [-0.05, 0) is 81.3 Å². The van der Waals surface area contributed by atoms with E-state index in [4.69, 9.17) is 21.3 Å². The van der Waals surface area contributed by atoms with E-state index in [-0.39, 0.29) is 5.38 Å². The molecule has 3 aliphatic heterocycles. The first-order valence-corrected chi connectivity index (χ1v) is 14.0. The average Bonchev–Trinajstić information content (AvgIpc) is 3.26. The SMILES string of the molecule is CC(C)(O)c1ccc2c(c1)/C(=C/CCN1CC[C@@H](NCC3=CCC(Cl)C=C3)C1)C1CCCN=C1CO2. The summed E-state index contributed by atoms with van der Waals surface area (Å²) in [6.45, 7) is 9.36. The lowest BCUT2D eigenvalue weighted by Crippen LogP contribution is -2.34. The molecule has 1 fully saturated rings. The smallest absolute Gasteiger partial charge is 0.127 e. The van der Waals surface area contributed by atoms with Crippen LogP contribution in [0.3, 0.4) is 0 Å². The minimum absolute atomic E-state index is 0.148. The molecule has 0 bridgehead atoms. The van der Waals surface area contributed by atoms with Gasteiger partial charge in [0, 0.05) is 43.7 Å². The zero-order chi connectivity index (χ0) is 25.1. The van der Waals surface area contributed by atoms with Gasteiger partial charge in [-0.2, -0.15) is 0 Å². The highest BCUT2D eigenvalue weighted by atomic mass is 35.5.